The van der Waals surface area contributed by atoms with Gasteiger partial charge >= 0.3 is 0 Å². The topological polar surface area (TPSA) is 41.7 Å². The molecule has 1 saturated heterocycles. The monoisotopic (exact) mass is 297 g/mol. The van der Waals surface area contributed by atoms with Gasteiger partial charge in [0, 0.05) is 31.9 Å². The van der Waals surface area contributed by atoms with E-state index in [2.05, 4.69) is 35.0 Å². The molecule has 0 aliphatic carbocycles. The predicted molar refractivity (Wildman–Crippen MR) is 91.3 cm³/mol. The standard InChI is InChI=1S/C18H23N3O/c1-20-9-11-21(12-10-20)16-7-8-18(17(19)13-16)22-14-15-5-3-2-4-6-15/h2-8,13H,9-12,14,19H2,1H3. The Balaban J connectivity index is 1.64. The van der Waals surface area contributed by atoms with Crippen molar-refractivity contribution in [1.29, 1.82) is 0 Å². The molecule has 2 aromatic rings. The highest BCUT2D eigenvalue weighted by molar-refractivity contribution is 5.63. The molecule has 0 aromatic heterocycles. The summed E-state index contributed by atoms with van der Waals surface area (Å²) in [6, 6.07) is 16.2. The SMILES string of the molecule is CN1CCN(c2ccc(OCc3ccccc3)c(N)c2)CC1. The second kappa shape index (κ2) is 6.71. The van der Waals surface area contributed by atoms with E-state index in [-0.39, 0.29) is 0 Å². The molecule has 0 spiro atoms. The number of ether oxygens (including phenoxy) is 1. The lowest BCUT2D eigenvalue weighted by molar-refractivity contribution is 0.307. The Bertz CT molecular complexity index is 607. The molecule has 0 unspecified atom stereocenters. The zero-order chi connectivity index (χ0) is 15.4. The maximum Gasteiger partial charge on any atom is 0.142 e. The van der Waals surface area contributed by atoms with Crippen LogP contribution in [-0.2, 0) is 6.61 Å². The molecule has 116 valence electrons. The minimum atomic E-state index is 0.541. The fraction of sp³-hybridized carbons (Fsp3) is 0.333. The zero-order valence-electron chi connectivity index (χ0n) is 13.0. The quantitative estimate of drug-likeness (QED) is 0.881. The fourth-order valence-corrected chi connectivity index (χ4v) is 2.66. The van der Waals surface area contributed by atoms with Gasteiger partial charge in [-0.1, -0.05) is 30.3 Å². The van der Waals surface area contributed by atoms with Crippen LogP contribution in [0.3, 0.4) is 0 Å². The molecule has 22 heavy (non-hydrogen) atoms. The summed E-state index contributed by atoms with van der Waals surface area (Å²) >= 11 is 0. The molecule has 1 aliphatic heterocycles. The minimum Gasteiger partial charge on any atom is -0.487 e. The number of rotatable bonds is 4. The van der Waals surface area contributed by atoms with Crippen molar-refractivity contribution in [3.05, 3.63) is 54.1 Å². The van der Waals surface area contributed by atoms with Crippen LogP contribution in [0, 0.1) is 0 Å². The molecule has 1 aliphatic rings. The van der Waals surface area contributed by atoms with Crippen molar-refractivity contribution in [1.82, 2.24) is 4.90 Å². The first-order valence-electron chi connectivity index (χ1n) is 7.72. The molecule has 0 atom stereocenters. The molecule has 2 aromatic carbocycles. The Morgan fingerprint density at radius 1 is 1.00 bits per heavy atom. The minimum absolute atomic E-state index is 0.541. The Kier molecular flexibility index (Phi) is 4.49. The van der Waals surface area contributed by atoms with E-state index in [0.29, 0.717) is 12.3 Å². The van der Waals surface area contributed by atoms with Crippen LogP contribution in [0.15, 0.2) is 48.5 Å². The van der Waals surface area contributed by atoms with Gasteiger partial charge < -0.3 is 20.3 Å². The van der Waals surface area contributed by atoms with Crippen molar-refractivity contribution < 1.29 is 4.74 Å². The number of hydrogen-bond acceptors (Lipinski definition) is 4. The number of nitrogens with zero attached hydrogens (tertiary/aromatic N) is 2. The van der Waals surface area contributed by atoms with E-state index in [4.69, 9.17) is 10.5 Å². The summed E-state index contributed by atoms with van der Waals surface area (Å²) in [5.41, 5.74) is 9.18. The fourth-order valence-electron chi connectivity index (χ4n) is 2.66. The number of hydrogen-bond donors (Lipinski definition) is 1. The number of benzene rings is 2. The Morgan fingerprint density at radius 3 is 2.41 bits per heavy atom. The molecule has 3 rings (SSSR count). The number of nitrogens with two attached hydrogens (primary N) is 1. The van der Waals surface area contributed by atoms with Gasteiger partial charge in [0.2, 0.25) is 0 Å². The summed E-state index contributed by atoms with van der Waals surface area (Å²) in [6.07, 6.45) is 0. The summed E-state index contributed by atoms with van der Waals surface area (Å²) in [7, 11) is 2.16. The molecule has 4 nitrogen and oxygen atoms in total. The third-order valence-corrected chi connectivity index (χ3v) is 4.10. The average Bonchev–Trinajstić information content (AvgIpc) is 2.55. The van der Waals surface area contributed by atoms with E-state index in [9.17, 15) is 0 Å². The summed E-state index contributed by atoms with van der Waals surface area (Å²) < 4.78 is 5.83. The molecule has 0 radical (unpaired) electrons. The first-order chi connectivity index (χ1) is 10.7. The molecule has 0 bridgehead atoms. The van der Waals surface area contributed by atoms with Crippen LogP contribution in [-0.4, -0.2) is 38.1 Å². The van der Waals surface area contributed by atoms with Gasteiger partial charge in [-0.25, -0.2) is 0 Å². The summed E-state index contributed by atoms with van der Waals surface area (Å²) in [5.74, 6) is 0.752. The lowest BCUT2D eigenvalue weighted by Gasteiger charge is -2.34. The molecular weight excluding hydrogens is 274 g/mol. The van der Waals surface area contributed by atoms with Crippen molar-refractivity contribution in [2.75, 3.05) is 43.9 Å². The summed E-state index contributed by atoms with van der Waals surface area (Å²) in [4.78, 5) is 4.72. The second-order valence-corrected chi connectivity index (χ2v) is 5.79. The maximum atomic E-state index is 6.16. The normalized spacial score (nSPS) is 15.8. The van der Waals surface area contributed by atoms with Gasteiger partial charge in [0.05, 0.1) is 5.69 Å². The van der Waals surface area contributed by atoms with Crippen LogP contribution in [0.2, 0.25) is 0 Å². The Morgan fingerprint density at radius 2 is 1.73 bits per heavy atom. The van der Waals surface area contributed by atoms with Gasteiger partial charge in [-0.05, 0) is 30.8 Å². The first kappa shape index (κ1) is 14.7. The van der Waals surface area contributed by atoms with Crippen molar-refractivity contribution in [3.8, 4) is 5.75 Å². The summed E-state index contributed by atoms with van der Waals surface area (Å²) in [6.45, 7) is 4.80. The van der Waals surface area contributed by atoms with E-state index in [1.165, 1.54) is 5.69 Å². The van der Waals surface area contributed by atoms with Gasteiger partial charge in [-0.15, -0.1) is 0 Å². The van der Waals surface area contributed by atoms with Crippen molar-refractivity contribution >= 4 is 11.4 Å². The zero-order valence-corrected chi connectivity index (χ0v) is 13.0. The van der Waals surface area contributed by atoms with E-state index in [1.807, 2.05) is 30.3 Å². The van der Waals surface area contributed by atoms with Crippen molar-refractivity contribution in [2.45, 2.75) is 6.61 Å². The molecular formula is C18H23N3O. The molecule has 2 N–H and O–H groups in total. The number of nitrogen functional groups attached to an aromatic ring is 1. The highest BCUT2D eigenvalue weighted by Gasteiger charge is 2.15. The van der Waals surface area contributed by atoms with Gasteiger partial charge in [-0.2, -0.15) is 0 Å². The molecule has 1 heterocycles. The molecule has 0 amide bonds. The lowest BCUT2D eigenvalue weighted by atomic mass is 10.2. The highest BCUT2D eigenvalue weighted by atomic mass is 16.5. The number of piperazine rings is 1. The van der Waals surface area contributed by atoms with Crippen molar-refractivity contribution in [2.24, 2.45) is 0 Å². The van der Waals surface area contributed by atoms with Crippen LogP contribution in [0.1, 0.15) is 5.56 Å². The highest BCUT2D eigenvalue weighted by Crippen LogP contribution is 2.28. The number of anilines is 2. The van der Waals surface area contributed by atoms with Gasteiger partial charge in [0.25, 0.3) is 0 Å². The summed E-state index contributed by atoms with van der Waals surface area (Å²) in [5, 5.41) is 0. The van der Waals surface area contributed by atoms with E-state index in [0.717, 1.165) is 37.5 Å². The predicted octanol–water partition coefficient (Wildman–Crippen LogP) is 2.60. The van der Waals surface area contributed by atoms with Gasteiger partial charge in [0.15, 0.2) is 0 Å². The third-order valence-electron chi connectivity index (χ3n) is 4.10. The van der Waals surface area contributed by atoms with E-state index < -0.39 is 0 Å². The third kappa shape index (κ3) is 3.52. The molecule has 0 saturated carbocycles. The largest absolute Gasteiger partial charge is 0.487 e. The molecule has 1 fully saturated rings. The maximum absolute atomic E-state index is 6.16. The smallest absolute Gasteiger partial charge is 0.142 e. The lowest BCUT2D eigenvalue weighted by Crippen LogP contribution is -2.44. The van der Waals surface area contributed by atoms with E-state index in [1.54, 1.807) is 0 Å². The van der Waals surface area contributed by atoms with Crippen LogP contribution in [0.5, 0.6) is 5.75 Å². The van der Waals surface area contributed by atoms with Crippen LogP contribution < -0.4 is 15.4 Å². The van der Waals surface area contributed by atoms with E-state index >= 15 is 0 Å². The van der Waals surface area contributed by atoms with Crippen molar-refractivity contribution in [3.63, 3.8) is 0 Å². The van der Waals surface area contributed by atoms with Gasteiger partial charge in [-0.3, -0.25) is 0 Å². The van der Waals surface area contributed by atoms with Crippen LogP contribution >= 0.6 is 0 Å². The van der Waals surface area contributed by atoms with Crippen LogP contribution in [0.4, 0.5) is 11.4 Å². The van der Waals surface area contributed by atoms with Gasteiger partial charge in [0.1, 0.15) is 12.4 Å². The van der Waals surface area contributed by atoms with Crippen LogP contribution in [0.25, 0.3) is 0 Å². The molecule has 4 heteroatoms. The second-order valence-electron chi connectivity index (χ2n) is 5.79. The Labute approximate surface area is 132 Å². The Hall–Kier alpha value is -2.20. The average molecular weight is 297 g/mol. The number of likely N-dealkylation sites (N-methyl/N-ethyl adjacent to an activating group) is 1. The first-order valence-corrected chi connectivity index (χ1v) is 7.72.